The van der Waals surface area contributed by atoms with Crippen molar-refractivity contribution in [3.05, 3.63) is 120 Å². The lowest BCUT2D eigenvalue weighted by molar-refractivity contribution is 0.628. The average molecular weight is 495 g/mol. The minimum absolute atomic E-state index is 0.260. The largest absolute Gasteiger partial charge is 0.370 e. The molecule has 36 heavy (non-hydrogen) atoms. The molecule has 4 nitrogen and oxygen atoms in total. The quantitative estimate of drug-likeness (QED) is 0.207. The van der Waals surface area contributed by atoms with E-state index in [2.05, 4.69) is 75.9 Å². The second-order valence-electron chi connectivity index (χ2n) is 8.50. The van der Waals surface area contributed by atoms with Gasteiger partial charge in [-0.25, -0.2) is 14.4 Å². The molecule has 180 valence electrons. The van der Waals surface area contributed by atoms with E-state index in [4.69, 9.17) is 4.98 Å². The van der Waals surface area contributed by atoms with E-state index >= 15 is 0 Å². The van der Waals surface area contributed by atoms with Crippen molar-refractivity contribution in [2.24, 2.45) is 0 Å². The lowest BCUT2D eigenvalue weighted by Gasteiger charge is -2.18. The van der Waals surface area contributed by atoms with E-state index in [1.165, 1.54) is 23.3 Å². The second-order valence-corrected chi connectivity index (χ2v) is 9.29. The molecule has 3 aromatic carbocycles. The fraction of sp³-hybridized carbons (Fsp3) is 0.133. The van der Waals surface area contributed by atoms with Crippen LogP contribution >= 0.6 is 11.8 Å². The van der Waals surface area contributed by atoms with E-state index in [1.807, 2.05) is 18.4 Å². The highest BCUT2D eigenvalue weighted by Gasteiger charge is 2.16. The number of hydrogen-bond donors (Lipinski definition) is 2. The molecule has 2 aromatic heterocycles. The van der Waals surface area contributed by atoms with Crippen molar-refractivity contribution in [2.45, 2.75) is 17.5 Å². The Bertz CT molecular complexity index is 1360. The summed E-state index contributed by atoms with van der Waals surface area (Å²) in [5.41, 5.74) is 6.13. The molecule has 0 unspecified atom stereocenters. The molecule has 0 atom stereocenters. The number of aromatic amines is 1. The maximum absolute atomic E-state index is 13.5. The predicted molar refractivity (Wildman–Crippen MR) is 147 cm³/mol. The molecule has 0 saturated heterocycles. The molecule has 0 saturated carbocycles. The first-order chi connectivity index (χ1) is 17.7. The number of anilines is 1. The third-order valence-corrected chi connectivity index (χ3v) is 6.76. The summed E-state index contributed by atoms with van der Waals surface area (Å²) in [6.07, 6.45) is 4.71. The van der Waals surface area contributed by atoms with E-state index in [-0.39, 0.29) is 5.82 Å². The minimum Gasteiger partial charge on any atom is -0.370 e. The van der Waals surface area contributed by atoms with Crippen molar-refractivity contribution in [3.63, 3.8) is 0 Å². The van der Waals surface area contributed by atoms with Crippen LogP contribution in [0.4, 0.5) is 10.2 Å². The molecule has 0 bridgehead atoms. The summed E-state index contributed by atoms with van der Waals surface area (Å²) in [4.78, 5) is 12.7. The fourth-order valence-electron chi connectivity index (χ4n) is 4.40. The van der Waals surface area contributed by atoms with Crippen LogP contribution < -0.4 is 5.32 Å². The van der Waals surface area contributed by atoms with Gasteiger partial charge in [0, 0.05) is 29.8 Å². The summed E-state index contributed by atoms with van der Waals surface area (Å²) in [5, 5.41) is 4.32. The van der Waals surface area contributed by atoms with Gasteiger partial charge in [0.1, 0.15) is 11.6 Å². The van der Waals surface area contributed by atoms with Gasteiger partial charge in [0.15, 0.2) is 5.16 Å². The lowest BCUT2D eigenvalue weighted by Crippen LogP contribution is -2.10. The van der Waals surface area contributed by atoms with Crippen molar-refractivity contribution < 1.29 is 4.39 Å². The molecule has 5 rings (SSSR count). The summed E-state index contributed by atoms with van der Waals surface area (Å²) in [6, 6.07) is 31.7. The maximum Gasteiger partial charge on any atom is 0.166 e. The van der Waals surface area contributed by atoms with Gasteiger partial charge in [-0.2, -0.15) is 0 Å². The normalized spacial score (nSPS) is 11.1. The Morgan fingerprint density at radius 2 is 1.53 bits per heavy atom. The van der Waals surface area contributed by atoms with Gasteiger partial charge in [0.25, 0.3) is 0 Å². The Kier molecular flexibility index (Phi) is 7.43. The number of hydrogen-bond acceptors (Lipinski definition) is 4. The monoisotopic (exact) mass is 494 g/mol. The van der Waals surface area contributed by atoms with E-state index in [1.54, 1.807) is 30.1 Å². The second kappa shape index (κ2) is 11.2. The van der Waals surface area contributed by atoms with Crippen LogP contribution in [-0.2, 0) is 0 Å². The molecule has 0 fully saturated rings. The maximum atomic E-state index is 13.5. The zero-order valence-electron chi connectivity index (χ0n) is 20.0. The highest BCUT2D eigenvalue weighted by atomic mass is 32.2. The summed E-state index contributed by atoms with van der Waals surface area (Å²) in [7, 11) is 0. The van der Waals surface area contributed by atoms with Crippen molar-refractivity contribution in [3.8, 4) is 22.5 Å². The number of rotatable bonds is 9. The zero-order chi connectivity index (χ0) is 24.7. The SMILES string of the molecule is CSc1nc(-c2ccnc(NCCC(c3ccccc3)c3ccccc3)c2)c(-c2ccc(F)cc2)[nH]1. The number of H-pyrrole nitrogens is 1. The van der Waals surface area contributed by atoms with E-state index in [0.717, 1.165) is 46.5 Å². The molecule has 0 spiro atoms. The van der Waals surface area contributed by atoms with E-state index in [0.29, 0.717) is 5.92 Å². The summed E-state index contributed by atoms with van der Waals surface area (Å²) < 4.78 is 13.5. The van der Waals surface area contributed by atoms with Crippen LogP contribution in [0.1, 0.15) is 23.5 Å². The number of nitrogens with one attached hydrogen (secondary N) is 2. The topological polar surface area (TPSA) is 53.6 Å². The van der Waals surface area contributed by atoms with Crippen molar-refractivity contribution >= 4 is 17.6 Å². The molecule has 0 aliphatic carbocycles. The smallest absolute Gasteiger partial charge is 0.166 e. The number of pyridine rings is 1. The van der Waals surface area contributed by atoms with Gasteiger partial charge in [-0.3, -0.25) is 0 Å². The number of thioether (sulfide) groups is 1. The third-order valence-electron chi connectivity index (χ3n) is 6.18. The van der Waals surface area contributed by atoms with Crippen LogP contribution in [0.2, 0.25) is 0 Å². The molecule has 6 heteroatoms. The molecule has 0 aliphatic rings. The Morgan fingerprint density at radius 3 is 2.17 bits per heavy atom. The van der Waals surface area contributed by atoms with Gasteiger partial charge in [-0.15, -0.1) is 0 Å². The number of aromatic nitrogens is 3. The standard InChI is InChI=1S/C30H27FN4S/c1-36-30-34-28(23-12-14-25(31)15-13-23)29(35-30)24-16-18-32-27(20-24)33-19-17-26(21-8-4-2-5-9-21)22-10-6-3-7-11-22/h2-16,18,20,26H,17,19H2,1H3,(H,32,33)(H,34,35). The summed E-state index contributed by atoms with van der Waals surface area (Å²) >= 11 is 1.54. The van der Waals surface area contributed by atoms with Gasteiger partial charge >= 0.3 is 0 Å². The first-order valence-electron chi connectivity index (χ1n) is 11.9. The van der Waals surface area contributed by atoms with Crippen LogP contribution in [0.25, 0.3) is 22.5 Å². The Labute approximate surface area is 215 Å². The molecule has 5 aromatic rings. The fourth-order valence-corrected chi connectivity index (χ4v) is 4.78. The molecule has 0 radical (unpaired) electrons. The number of imidazole rings is 1. The summed E-state index contributed by atoms with van der Waals surface area (Å²) in [6.45, 7) is 0.770. The molecular formula is C30H27FN4S. The van der Waals surface area contributed by atoms with Crippen LogP contribution in [0.3, 0.4) is 0 Å². The van der Waals surface area contributed by atoms with Gasteiger partial charge < -0.3 is 10.3 Å². The Hall–Kier alpha value is -3.90. The number of nitrogens with zero attached hydrogens (tertiary/aromatic N) is 2. The van der Waals surface area contributed by atoms with Gasteiger partial charge in [0.05, 0.1) is 11.4 Å². The molecule has 0 aliphatic heterocycles. The number of halogens is 1. The highest BCUT2D eigenvalue weighted by Crippen LogP contribution is 2.33. The first-order valence-corrected chi connectivity index (χ1v) is 13.1. The van der Waals surface area contributed by atoms with Crippen LogP contribution in [0.5, 0.6) is 0 Å². The number of benzene rings is 3. The van der Waals surface area contributed by atoms with Crippen LogP contribution in [0, 0.1) is 5.82 Å². The first kappa shape index (κ1) is 23.8. The molecule has 2 heterocycles. The van der Waals surface area contributed by atoms with E-state index in [9.17, 15) is 4.39 Å². The van der Waals surface area contributed by atoms with Crippen molar-refractivity contribution in [2.75, 3.05) is 18.1 Å². The van der Waals surface area contributed by atoms with Crippen molar-refractivity contribution in [1.82, 2.24) is 15.0 Å². The zero-order valence-corrected chi connectivity index (χ0v) is 20.8. The Morgan fingerprint density at radius 1 is 0.861 bits per heavy atom. The van der Waals surface area contributed by atoms with Gasteiger partial charge in [-0.1, -0.05) is 72.4 Å². The average Bonchev–Trinajstić information content (AvgIpc) is 3.37. The van der Waals surface area contributed by atoms with Gasteiger partial charge in [-0.05, 0) is 60.2 Å². The third kappa shape index (κ3) is 5.50. The van der Waals surface area contributed by atoms with Crippen LogP contribution in [-0.4, -0.2) is 27.8 Å². The molecule has 2 N–H and O–H groups in total. The van der Waals surface area contributed by atoms with E-state index < -0.39 is 0 Å². The summed E-state index contributed by atoms with van der Waals surface area (Å²) in [5.74, 6) is 0.833. The highest BCUT2D eigenvalue weighted by molar-refractivity contribution is 7.98. The molecule has 0 amide bonds. The predicted octanol–water partition coefficient (Wildman–Crippen LogP) is 7.63. The lowest BCUT2D eigenvalue weighted by atomic mass is 9.88. The minimum atomic E-state index is -0.260. The Balaban J connectivity index is 1.36. The van der Waals surface area contributed by atoms with Crippen LogP contribution in [0.15, 0.2) is 108 Å². The van der Waals surface area contributed by atoms with Gasteiger partial charge in [0.2, 0.25) is 0 Å². The molecular weight excluding hydrogens is 467 g/mol. The van der Waals surface area contributed by atoms with Crippen molar-refractivity contribution in [1.29, 1.82) is 0 Å².